The van der Waals surface area contributed by atoms with E-state index in [0.717, 1.165) is 12.0 Å². The van der Waals surface area contributed by atoms with Gasteiger partial charge < -0.3 is 4.74 Å². The molecule has 0 radical (unpaired) electrons. The Hall–Kier alpha value is -1.83. The smallest absolute Gasteiger partial charge is 0.278 e. The molecule has 0 aliphatic heterocycles. The minimum absolute atomic E-state index is 0.00238. The number of alkyl halides is 2. The molecular formula is C12H17F2N3O3. The van der Waals surface area contributed by atoms with Crippen LogP contribution in [0.4, 0.5) is 8.78 Å². The minimum atomic E-state index is -2.94. The second-order valence-corrected chi connectivity index (χ2v) is 4.43. The van der Waals surface area contributed by atoms with E-state index in [-0.39, 0.29) is 18.2 Å². The Morgan fingerprint density at radius 3 is 2.60 bits per heavy atom. The zero-order valence-electron chi connectivity index (χ0n) is 11.8. The van der Waals surface area contributed by atoms with E-state index < -0.39 is 12.5 Å². The maximum Gasteiger partial charge on any atom is 0.278 e. The van der Waals surface area contributed by atoms with E-state index in [1.165, 1.54) is 14.2 Å². The summed E-state index contributed by atoms with van der Waals surface area (Å²) in [6, 6.07) is 1.57. The lowest BCUT2D eigenvalue weighted by Gasteiger charge is -2.14. The predicted octanol–water partition coefficient (Wildman–Crippen LogP) is 1.38. The number of hydroxylamine groups is 2. The van der Waals surface area contributed by atoms with Crippen molar-refractivity contribution in [1.82, 2.24) is 15.3 Å². The lowest BCUT2D eigenvalue weighted by Crippen LogP contribution is -2.27. The van der Waals surface area contributed by atoms with Crippen molar-refractivity contribution in [3.05, 3.63) is 17.3 Å². The number of likely N-dealkylation sites (N-methyl/N-ethyl adjacent to an activating group) is 1. The highest BCUT2D eigenvalue weighted by molar-refractivity contribution is 5.77. The van der Waals surface area contributed by atoms with Crippen molar-refractivity contribution in [2.24, 2.45) is 0 Å². The van der Waals surface area contributed by atoms with Crippen LogP contribution in [0.15, 0.2) is 6.07 Å². The Kier molecular flexibility index (Phi) is 5.32. The summed E-state index contributed by atoms with van der Waals surface area (Å²) in [4.78, 5) is 16.3. The van der Waals surface area contributed by atoms with Crippen molar-refractivity contribution < 1.29 is 23.1 Å². The van der Waals surface area contributed by atoms with Crippen molar-refractivity contribution in [2.45, 2.75) is 26.2 Å². The van der Waals surface area contributed by atoms with Gasteiger partial charge in [-0.15, -0.1) is 5.10 Å². The fraction of sp³-hybridized carbons (Fsp3) is 0.583. The molecule has 112 valence electrons. The fourth-order valence-electron chi connectivity index (χ4n) is 1.32. The van der Waals surface area contributed by atoms with Gasteiger partial charge in [-0.25, -0.2) is 13.8 Å². The standard InChI is InChI=1S/C12H17F2N3O3/c1-8-5-9(6-10(18)17(3)19-4)15-16-11(8)20-7-12(2,13)14/h5H,6-7H2,1-4H3. The molecule has 0 N–H and O–H groups in total. The van der Waals surface area contributed by atoms with Crippen LogP contribution in [0.1, 0.15) is 18.2 Å². The van der Waals surface area contributed by atoms with Crippen LogP contribution in [0, 0.1) is 6.92 Å². The molecule has 0 bridgehead atoms. The van der Waals surface area contributed by atoms with E-state index in [0.29, 0.717) is 11.3 Å². The van der Waals surface area contributed by atoms with Crippen molar-refractivity contribution >= 4 is 5.91 Å². The third-order valence-corrected chi connectivity index (χ3v) is 2.41. The maximum atomic E-state index is 12.7. The molecule has 1 rings (SSSR count). The summed E-state index contributed by atoms with van der Waals surface area (Å²) in [5.41, 5.74) is 0.944. The number of carbonyl (C=O) groups is 1. The molecule has 0 saturated heterocycles. The van der Waals surface area contributed by atoms with E-state index in [4.69, 9.17) is 9.57 Å². The molecule has 0 unspecified atom stereocenters. The molecule has 8 heteroatoms. The van der Waals surface area contributed by atoms with Crippen molar-refractivity contribution in [3.63, 3.8) is 0 Å². The van der Waals surface area contributed by atoms with Gasteiger partial charge in [0.2, 0.25) is 5.88 Å². The highest BCUT2D eigenvalue weighted by Crippen LogP contribution is 2.18. The molecule has 6 nitrogen and oxygen atoms in total. The number of aryl methyl sites for hydroxylation is 1. The number of nitrogens with zero attached hydrogens (tertiary/aromatic N) is 3. The van der Waals surface area contributed by atoms with Crippen LogP contribution < -0.4 is 4.74 Å². The van der Waals surface area contributed by atoms with Gasteiger partial charge in [-0.1, -0.05) is 0 Å². The second-order valence-electron chi connectivity index (χ2n) is 4.43. The lowest BCUT2D eigenvalue weighted by molar-refractivity contribution is -0.167. The third kappa shape index (κ3) is 5.04. The van der Waals surface area contributed by atoms with E-state index in [2.05, 4.69) is 10.2 Å². The van der Waals surface area contributed by atoms with Crippen LogP contribution in [0.3, 0.4) is 0 Å². The van der Waals surface area contributed by atoms with Gasteiger partial charge in [0.15, 0.2) is 6.61 Å². The minimum Gasteiger partial charge on any atom is -0.470 e. The summed E-state index contributed by atoms with van der Waals surface area (Å²) in [5.74, 6) is -3.21. The first-order chi connectivity index (χ1) is 9.23. The molecule has 0 aliphatic rings. The van der Waals surface area contributed by atoms with Crippen LogP contribution in [0.5, 0.6) is 5.88 Å². The number of halogens is 2. The fourth-order valence-corrected chi connectivity index (χ4v) is 1.32. The molecule has 1 heterocycles. The number of hydrogen-bond donors (Lipinski definition) is 0. The normalized spacial score (nSPS) is 11.3. The van der Waals surface area contributed by atoms with Gasteiger partial charge in [0.1, 0.15) is 0 Å². The summed E-state index contributed by atoms with van der Waals surface area (Å²) in [7, 11) is 2.85. The van der Waals surface area contributed by atoms with E-state index >= 15 is 0 Å². The molecule has 0 saturated carbocycles. The Morgan fingerprint density at radius 2 is 2.10 bits per heavy atom. The highest BCUT2D eigenvalue weighted by Gasteiger charge is 2.23. The maximum absolute atomic E-state index is 12.7. The van der Waals surface area contributed by atoms with E-state index in [1.807, 2.05) is 0 Å². The van der Waals surface area contributed by atoms with E-state index in [9.17, 15) is 13.6 Å². The first-order valence-electron chi connectivity index (χ1n) is 5.87. The van der Waals surface area contributed by atoms with Crippen molar-refractivity contribution in [2.75, 3.05) is 20.8 Å². The Bertz CT molecular complexity index is 478. The van der Waals surface area contributed by atoms with Crippen LogP contribution in [0.2, 0.25) is 0 Å². The average molecular weight is 289 g/mol. The van der Waals surface area contributed by atoms with Gasteiger partial charge in [0.05, 0.1) is 19.2 Å². The quantitative estimate of drug-likeness (QED) is 0.740. The van der Waals surface area contributed by atoms with Crippen LogP contribution in [0.25, 0.3) is 0 Å². The molecule has 0 fully saturated rings. The van der Waals surface area contributed by atoms with Crippen LogP contribution >= 0.6 is 0 Å². The van der Waals surface area contributed by atoms with Crippen LogP contribution in [-0.2, 0) is 16.1 Å². The lowest BCUT2D eigenvalue weighted by atomic mass is 10.2. The van der Waals surface area contributed by atoms with Gasteiger partial charge in [-0.05, 0) is 13.0 Å². The Balaban J connectivity index is 2.71. The van der Waals surface area contributed by atoms with Gasteiger partial charge in [-0.3, -0.25) is 9.63 Å². The van der Waals surface area contributed by atoms with E-state index in [1.54, 1.807) is 13.0 Å². The molecule has 0 atom stereocenters. The first-order valence-corrected chi connectivity index (χ1v) is 5.87. The van der Waals surface area contributed by atoms with Crippen LogP contribution in [-0.4, -0.2) is 47.9 Å². The van der Waals surface area contributed by atoms with Gasteiger partial charge in [0.25, 0.3) is 11.8 Å². The SMILES string of the molecule is CON(C)C(=O)Cc1cc(C)c(OCC(C)(F)F)nn1. The summed E-state index contributed by atoms with van der Waals surface area (Å²) < 4.78 is 30.2. The second kappa shape index (κ2) is 6.56. The van der Waals surface area contributed by atoms with Gasteiger partial charge in [-0.2, -0.15) is 5.10 Å². The number of carbonyl (C=O) groups excluding carboxylic acids is 1. The molecule has 1 amide bonds. The third-order valence-electron chi connectivity index (χ3n) is 2.41. The first kappa shape index (κ1) is 16.2. The zero-order valence-corrected chi connectivity index (χ0v) is 11.8. The average Bonchev–Trinajstić information content (AvgIpc) is 2.35. The number of ether oxygens (including phenoxy) is 1. The molecule has 1 aromatic heterocycles. The zero-order chi connectivity index (χ0) is 15.3. The van der Waals surface area contributed by atoms with Crippen molar-refractivity contribution in [1.29, 1.82) is 0 Å². The number of hydrogen-bond acceptors (Lipinski definition) is 5. The number of rotatable bonds is 6. The summed E-state index contributed by atoms with van der Waals surface area (Å²) in [6.45, 7) is 1.63. The molecule has 0 aliphatic carbocycles. The number of aromatic nitrogens is 2. The molecular weight excluding hydrogens is 272 g/mol. The Morgan fingerprint density at radius 1 is 1.45 bits per heavy atom. The molecule has 1 aromatic rings. The predicted molar refractivity (Wildman–Crippen MR) is 66.4 cm³/mol. The highest BCUT2D eigenvalue weighted by atomic mass is 19.3. The summed E-state index contributed by atoms with van der Waals surface area (Å²) >= 11 is 0. The largest absolute Gasteiger partial charge is 0.470 e. The summed E-state index contributed by atoms with van der Waals surface area (Å²) in [5, 5.41) is 8.54. The summed E-state index contributed by atoms with van der Waals surface area (Å²) in [6.07, 6.45) is 0.00238. The Labute approximate surface area is 115 Å². The number of amides is 1. The molecule has 20 heavy (non-hydrogen) atoms. The van der Waals surface area contributed by atoms with Crippen molar-refractivity contribution in [3.8, 4) is 5.88 Å². The molecule has 0 spiro atoms. The van der Waals surface area contributed by atoms with Gasteiger partial charge >= 0.3 is 0 Å². The van der Waals surface area contributed by atoms with Gasteiger partial charge in [0, 0.05) is 19.5 Å². The monoisotopic (exact) mass is 289 g/mol. The topological polar surface area (TPSA) is 64.5 Å². The molecule has 0 aromatic carbocycles.